The summed E-state index contributed by atoms with van der Waals surface area (Å²) in [5.74, 6) is 1.41. The molecule has 0 bridgehead atoms. The maximum Gasteiger partial charge on any atom is 0.305 e. The van der Waals surface area contributed by atoms with E-state index < -0.39 is 0 Å². The van der Waals surface area contributed by atoms with Crippen molar-refractivity contribution in [1.82, 2.24) is 0 Å². The van der Waals surface area contributed by atoms with Crippen molar-refractivity contribution in [2.75, 3.05) is 6.61 Å². The molecule has 138 valence electrons. The first kappa shape index (κ1) is 22.5. The largest absolute Gasteiger partial charge is 0.465 e. The molecule has 0 aliphatic heterocycles. The van der Waals surface area contributed by atoms with Crippen molar-refractivity contribution in [1.29, 1.82) is 0 Å². The average Bonchev–Trinajstić information content (AvgIpc) is 2.53. The topological polar surface area (TPSA) is 26.3 Å². The van der Waals surface area contributed by atoms with E-state index in [9.17, 15) is 4.79 Å². The quantitative estimate of drug-likeness (QED) is 0.227. The zero-order valence-corrected chi connectivity index (χ0v) is 16.4. The Bertz CT molecular complexity index is 261. The molecule has 0 N–H and O–H groups in total. The highest BCUT2D eigenvalue weighted by Gasteiger charge is 2.09. The predicted molar refractivity (Wildman–Crippen MR) is 101 cm³/mol. The van der Waals surface area contributed by atoms with Gasteiger partial charge in [-0.25, -0.2) is 0 Å². The molecule has 0 aromatic carbocycles. The molecule has 0 rings (SSSR count). The standard InChI is InChI=1S/C21H42O2/c1-5-7-16-20(6-2)18-23-21(22)17-14-12-10-8-9-11-13-15-19(3)4/h19-20H,5-18H2,1-4H3. The summed E-state index contributed by atoms with van der Waals surface area (Å²) in [7, 11) is 0. The first-order chi connectivity index (χ1) is 11.1. The molecular weight excluding hydrogens is 284 g/mol. The summed E-state index contributed by atoms with van der Waals surface area (Å²) in [5.41, 5.74) is 0. The number of hydrogen-bond donors (Lipinski definition) is 0. The van der Waals surface area contributed by atoms with Crippen LogP contribution in [-0.4, -0.2) is 12.6 Å². The molecule has 0 radical (unpaired) electrons. The lowest BCUT2D eigenvalue weighted by molar-refractivity contribution is -0.145. The first-order valence-electron chi connectivity index (χ1n) is 10.3. The third kappa shape index (κ3) is 16.1. The second kappa shape index (κ2) is 16.3. The van der Waals surface area contributed by atoms with E-state index in [1.54, 1.807) is 0 Å². The van der Waals surface area contributed by atoms with Crippen LogP contribution in [0.1, 0.15) is 111 Å². The zero-order chi connectivity index (χ0) is 17.3. The van der Waals surface area contributed by atoms with E-state index in [-0.39, 0.29) is 5.97 Å². The lowest BCUT2D eigenvalue weighted by Gasteiger charge is -2.14. The summed E-state index contributed by atoms with van der Waals surface area (Å²) < 4.78 is 5.44. The van der Waals surface area contributed by atoms with Gasteiger partial charge in [-0.3, -0.25) is 4.79 Å². The second-order valence-electron chi connectivity index (χ2n) is 7.51. The highest BCUT2D eigenvalue weighted by molar-refractivity contribution is 5.69. The highest BCUT2D eigenvalue weighted by Crippen LogP contribution is 2.15. The fraction of sp³-hybridized carbons (Fsp3) is 0.952. The van der Waals surface area contributed by atoms with Gasteiger partial charge in [-0.1, -0.05) is 91.9 Å². The van der Waals surface area contributed by atoms with Crippen molar-refractivity contribution in [3.8, 4) is 0 Å². The van der Waals surface area contributed by atoms with E-state index in [1.165, 1.54) is 64.2 Å². The smallest absolute Gasteiger partial charge is 0.305 e. The number of ether oxygens (including phenoxy) is 1. The summed E-state index contributed by atoms with van der Waals surface area (Å²) >= 11 is 0. The molecule has 1 atom stereocenters. The van der Waals surface area contributed by atoms with Crippen LogP contribution in [0.5, 0.6) is 0 Å². The van der Waals surface area contributed by atoms with Crippen molar-refractivity contribution >= 4 is 5.97 Å². The molecule has 2 heteroatoms. The van der Waals surface area contributed by atoms with Gasteiger partial charge < -0.3 is 4.74 Å². The van der Waals surface area contributed by atoms with Gasteiger partial charge in [-0.05, 0) is 24.7 Å². The van der Waals surface area contributed by atoms with Crippen molar-refractivity contribution in [3.05, 3.63) is 0 Å². The summed E-state index contributed by atoms with van der Waals surface area (Å²) in [6.45, 7) is 9.63. The normalized spacial score (nSPS) is 12.6. The Morgan fingerprint density at radius 2 is 1.43 bits per heavy atom. The van der Waals surface area contributed by atoms with Gasteiger partial charge in [-0.15, -0.1) is 0 Å². The van der Waals surface area contributed by atoms with Crippen LogP contribution in [0.2, 0.25) is 0 Å². The van der Waals surface area contributed by atoms with Gasteiger partial charge in [-0.2, -0.15) is 0 Å². The summed E-state index contributed by atoms with van der Waals surface area (Å²) in [6, 6.07) is 0. The van der Waals surface area contributed by atoms with Crippen LogP contribution in [0.4, 0.5) is 0 Å². The van der Waals surface area contributed by atoms with Crippen molar-refractivity contribution in [2.45, 2.75) is 111 Å². The third-order valence-electron chi connectivity index (χ3n) is 4.69. The maximum atomic E-state index is 11.8. The van der Waals surface area contributed by atoms with E-state index in [4.69, 9.17) is 4.74 Å². The molecule has 2 nitrogen and oxygen atoms in total. The fourth-order valence-corrected chi connectivity index (χ4v) is 2.89. The van der Waals surface area contributed by atoms with E-state index >= 15 is 0 Å². The van der Waals surface area contributed by atoms with Crippen LogP contribution >= 0.6 is 0 Å². The molecule has 0 fully saturated rings. The minimum atomic E-state index is 0.0110. The number of hydrogen-bond acceptors (Lipinski definition) is 2. The van der Waals surface area contributed by atoms with Gasteiger partial charge >= 0.3 is 5.97 Å². The van der Waals surface area contributed by atoms with Crippen molar-refractivity contribution < 1.29 is 9.53 Å². The summed E-state index contributed by atoms with van der Waals surface area (Å²) in [5, 5.41) is 0. The van der Waals surface area contributed by atoms with Gasteiger partial charge in [0.1, 0.15) is 0 Å². The predicted octanol–water partition coefficient (Wildman–Crippen LogP) is 6.91. The maximum absolute atomic E-state index is 11.8. The minimum absolute atomic E-state index is 0.0110. The lowest BCUT2D eigenvalue weighted by atomic mass is 10.0. The molecule has 0 spiro atoms. The zero-order valence-electron chi connectivity index (χ0n) is 16.4. The van der Waals surface area contributed by atoms with E-state index in [2.05, 4.69) is 27.7 Å². The lowest BCUT2D eigenvalue weighted by Crippen LogP contribution is -2.13. The van der Waals surface area contributed by atoms with Gasteiger partial charge in [0.05, 0.1) is 6.61 Å². The molecular formula is C21H42O2. The molecule has 0 aromatic rings. The molecule has 0 aliphatic carbocycles. The van der Waals surface area contributed by atoms with Crippen LogP contribution in [0.25, 0.3) is 0 Å². The van der Waals surface area contributed by atoms with Crippen LogP contribution in [0.3, 0.4) is 0 Å². The summed E-state index contributed by atoms with van der Waals surface area (Å²) in [4.78, 5) is 11.8. The molecule has 23 heavy (non-hydrogen) atoms. The first-order valence-corrected chi connectivity index (χ1v) is 10.3. The summed E-state index contributed by atoms with van der Waals surface area (Å²) in [6.07, 6.45) is 15.6. The van der Waals surface area contributed by atoms with E-state index in [1.807, 2.05) is 0 Å². The van der Waals surface area contributed by atoms with E-state index in [0.29, 0.717) is 18.9 Å². The Morgan fingerprint density at radius 1 is 0.826 bits per heavy atom. The molecule has 0 saturated carbocycles. The van der Waals surface area contributed by atoms with E-state index in [0.717, 1.165) is 18.8 Å². The second-order valence-corrected chi connectivity index (χ2v) is 7.51. The molecule has 0 aliphatic rings. The van der Waals surface area contributed by atoms with Gasteiger partial charge in [0.25, 0.3) is 0 Å². The molecule has 0 saturated heterocycles. The Hall–Kier alpha value is -0.530. The third-order valence-corrected chi connectivity index (χ3v) is 4.69. The van der Waals surface area contributed by atoms with Gasteiger partial charge in [0.2, 0.25) is 0 Å². The molecule has 0 aromatic heterocycles. The molecule has 0 heterocycles. The Morgan fingerprint density at radius 3 is 2.00 bits per heavy atom. The SMILES string of the molecule is CCCCC(CC)COC(=O)CCCCCCCCCC(C)C. The number of carbonyl (C=O) groups excluding carboxylic acids is 1. The van der Waals surface area contributed by atoms with Gasteiger partial charge in [0.15, 0.2) is 0 Å². The minimum Gasteiger partial charge on any atom is -0.465 e. The van der Waals surface area contributed by atoms with Crippen molar-refractivity contribution in [3.63, 3.8) is 0 Å². The monoisotopic (exact) mass is 326 g/mol. The Labute approximate surface area is 145 Å². The number of esters is 1. The average molecular weight is 327 g/mol. The number of rotatable bonds is 16. The van der Waals surface area contributed by atoms with Crippen molar-refractivity contribution in [2.24, 2.45) is 11.8 Å². The van der Waals surface area contributed by atoms with Gasteiger partial charge in [0, 0.05) is 6.42 Å². The Balaban J connectivity index is 3.39. The van der Waals surface area contributed by atoms with Crippen LogP contribution in [0.15, 0.2) is 0 Å². The Kier molecular flexibility index (Phi) is 16.0. The molecule has 0 amide bonds. The fourth-order valence-electron chi connectivity index (χ4n) is 2.89. The number of carbonyl (C=O) groups is 1. The number of unbranched alkanes of at least 4 members (excludes halogenated alkanes) is 7. The van der Waals surface area contributed by atoms with Crippen LogP contribution < -0.4 is 0 Å². The van der Waals surface area contributed by atoms with Crippen LogP contribution in [0, 0.1) is 11.8 Å². The van der Waals surface area contributed by atoms with Crippen LogP contribution in [-0.2, 0) is 9.53 Å². The molecule has 1 unspecified atom stereocenters. The highest BCUT2D eigenvalue weighted by atomic mass is 16.5.